The van der Waals surface area contributed by atoms with Gasteiger partial charge in [0.15, 0.2) is 11.6 Å². The first-order valence-corrected chi connectivity index (χ1v) is 40.1. The van der Waals surface area contributed by atoms with Gasteiger partial charge in [-0.2, -0.15) is 0 Å². The number of hydrogen-bond acceptors (Lipinski definition) is 22. The molecule has 22 heteroatoms. The van der Waals surface area contributed by atoms with Crippen molar-refractivity contribution in [3.05, 3.63) is 48.6 Å². The Bertz CT molecular complexity index is 2920. The summed E-state index contributed by atoms with van der Waals surface area (Å²) in [5, 5.41) is 30.5. The third-order valence-electron chi connectivity index (χ3n) is 28.3. The second-order valence-electron chi connectivity index (χ2n) is 35.1. The minimum absolute atomic E-state index is 0.00127. The average molecular weight is 1430 g/mol. The zero-order chi connectivity index (χ0) is 70.4. The first-order chi connectivity index (χ1) is 49.1. The lowest BCUT2D eigenvalue weighted by Crippen LogP contribution is -2.61. The average Bonchev–Trinajstić information content (AvgIpc) is 1.54. The molecule has 22 nitrogen and oxygen atoms in total. The van der Waals surface area contributed by atoms with Crippen LogP contribution in [0.1, 0.15) is 195 Å². The fourth-order valence-corrected chi connectivity index (χ4v) is 22.5. The van der Waals surface area contributed by atoms with Crippen LogP contribution in [-0.2, 0) is 85.4 Å². The van der Waals surface area contributed by atoms with Crippen molar-refractivity contribution in [3.8, 4) is 0 Å². The molecule has 568 valence electrons. The molecule has 0 aliphatic carbocycles. The molecule has 38 atom stereocenters. The van der Waals surface area contributed by atoms with Crippen LogP contribution >= 0.6 is 0 Å². The van der Waals surface area contributed by atoms with Gasteiger partial charge >= 0.3 is 0 Å². The third-order valence-corrected chi connectivity index (χ3v) is 28.3. The lowest BCUT2D eigenvalue weighted by atomic mass is 9.78. The normalized spacial score (nSPS) is 53.2. The minimum Gasteiger partial charge on any atom is -0.394 e. The molecule has 0 aromatic heterocycles. The summed E-state index contributed by atoms with van der Waals surface area (Å²) in [6.45, 7) is 26.4. The molecule has 0 aromatic rings. The SMILES string of the molecule is C=C1C[C@@H]2CC[C@@]34C[C@H]5O[C@H]6[C@@H](O3)[C@H]3OC(CC[C@@H]3O[C@H]6[C@H]5O4)CC(=O)C[C@@H]3[C@@H](C)[C@@H](C[C@H](O)CN)O[C@H]3C[C@H]3OC(CC[C@@H]1O2)C[C@@H](C)C3=C.C=C1C[C@@H]2CC[C@@]34C[C@H]5O[C@H]6[C@@H](O3)[C@H]3OC(CC[C@@H]3O[C@H]6[C@H]5O4)CC(=O)C[C@@H]3[C@@H](C)[C@@H](C[C@H](O)CO)O[C@H]3C[C@H]3OC(CC[C@@H]1O2)C[C@@H](C)C3=C. The molecule has 20 heterocycles. The molecule has 20 fully saturated rings. The number of aliphatic hydroxyl groups excluding tert-OH is 3. The van der Waals surface area contributed by atoms with Crippen molar-refractivity contribution < 1.29 is 101 Å². The Kier molecular flexibility index (Phi) is 20.6. The molecule has 0 radical (unpaired) electrons. The van der Waals surface area contributed by atoms with Gasteiger partial charge in [-0.05, 0) is 148 Å². The highest BCUT2D eigenvalue weighted by molar-refractivity contribution is 5.79. The zero-order valence-corrected chi connectivity index (χ0v) is 60.7. The molecular weight excluding hydrogens is 1310 g/mol. The van der Waals surface area contributed by atoms with Crippen LogP contribution in [0.3, 0.4) is 0 Å². The summed E-state index contributed by atoms with van der Waals surface area (Å²) in [4.78, 5) is 28.0. The predicted octanol–water partition coefficient (Wildman–Crippen LogP) is 8.15. The second-order valence-corrected chi connectivity index (χ2v) is 35.1. The van der Waals surface area contributed by atoms with E-state index in [1.165, 1.54) is 0 Å². The number of Topliss-reactive ketones (excluding diaryl/α,β-unsaturated/α-hetero) is 2. The Morgan fingerprint density at radius 1 is 0.402 bits per heavy atom. The van der Waals surface area contributed by atoms with E-state index in [1.54, 1.807) is 0 Å². The number of nitrogens with two attached hydrogens (primary N) is 1. The van der Waals surface area contributed by atoms with Crippen molar-refractivity contribution >= 4 is 11.6 Å². The maximum atomic E-state index is 14.0. The predicted molar refractivity (Wildman–Crippen MR) is 367 cm³/mol. The number of carbonyl (C=O) groups is 2. The van der Waals surface area contributed by atoms with Crippen molar-refractivity contribution in [1.29, 1.82) is 0 Å². The standard InChI is InChI=1S/C40H59NO10.C40H58O11/c2*1-19-11-25-5-7-29-20(2)12-27(44-29)9-10-40-17-34-36(50-40)37-38(49-34)39(51-40)35-30(48-37)8-6-26(46-35)13-23(42)14-28-22(4)31(15-24(43)18-41)47-33(28)16-32(45-25)21(19)3/h19,22,24-39,43H,2-3,5-18,41H2,1,4H3;19,22,24-39,41,43H,2-3,5-18H2,1,4H3/t2*19-,22-,24+,25?,26?,27+,28-,29+,30+,31-,32-,33+,34-,35+,36+,37+,38-,39+,40+/m11/s1. The maximum Gasteiger partial charge on any atom is 0.172 e. The smallest absolute Gasteiger partial charge is 0.172 e. The zero-order valence-electron chi connectivity index (χ0n) is 60.7. The fraction of sp³-hybridized carbons (Fsp3) is 0.875. The van der Waals surface area contributed by atoms with Crippen LogP contribution in [0.4, 0.5) is 0 Å². The van der Waals surface area contributed by atoms with E-state index in [-0.39, 0.29) is 219 Å². The quantitative estimate of drug-likeness (QED) is 0.183. The van der Waals surface area contributed by atoms with Crippen LogP contribution in [-0.4, -0.2) is 235 Å². The van der Waals surface area contributed by atoms with E-state index < -0.39 is 23.8 Å². The first-order valence-electron chi connectivity index (χ1n) is 40.1. The van der Waals surface area contributed by atoms with E-state index >= 15 is 0 Å². The first kappa shape index (κ1) is 72.4. The van der Waals surface area contributed by atoms with Gasteiger partial charge in [0.05, 0.1) is 129 Å². The molecule has 20 rings (SSSR count). The Labute approximate surface area is 602 Å². The number of ketones is 2. The van der Waals surface area contributed by atoms with Gasteiger partial charge in [-0.25, -0.2) is 0 Å². The summed E-state index contributed by atoms with van der Waals surface area (Å²) >= 11 is 0. The van der Waals surface area contributed by atoms with Crippen molar-refractivity contribution in [2.24, 2.45) is 41.2 Å². The molecule has 5 N–H and O–H groups in total. The van der Waals surface area contributed by atoms with Crippen molar-refractivity contribution in [1.82, 2.24) is 0 Å². The summed E-state index contributed by atoms with van der Waals surface area (Å²) in [5.74, 6) is -0.589. The number of hydrogen-bond donors (Lipinski definition) is 4. The molecule has 24 bridgehead atoms. The lowest BCUT2D eigenvalue weighted by Gasteiger charge is -2.47. The minimum atomic E-state index is -0.872. The van der Waals surface area contributed by atoms with Crippen molar-refractivity contribution in [2.75, 3.05) is 13.2 Å². The number of carbonyl (C=O) groups excluding carboxylic acids is 2. The topological polar surface area (TPSA) is 269 Å². The van der Waals surface area contributed by atoms with E-state index in [2.05, 4.69) is 54.0 Å². The van der Waals surface area contributed by atoms with Gasteiger partial charge in [0, 0.05) is 83.6 Å². The number of aliphatic hydroxyl groups is 3. The van der Waals surface area contributed by atoms with Crippen LogP contribution in [0.25, 0.3) is 0 Å². The highest BCUT2D eigenvalue weighted by Gasteiger charge is 2.71. The summed E-state index contributed by atoms with van der Waals surface area (Å²) in [7, 11) is 0. The van der Waals surface area contributed by atoms with Crippen LogP contribution in [0, 0.1) is 35.5 Å². The van der Waals surface area contributed by atoms with E-state index in [1.807, 2.05) is 0 Å². The molecule has 20 aliphatic rings. The van der Waals surface area contributed by atoms with Gasteiger partial charge in [-0.3, -0.25) is 9.59 Å². The lowest BCUT2D eigenvalue weighted by molar-refractivity contribution is -0.292. The maximum absolute atomic E-state index is 14.0. The van der Waals surface area contributed by atoms with Gasteiger partial charge in [0.1, 0.15) is 72.6 Å². The van der Waals surface area contributed by atoms with E-state index in [9.17, 15) is 24.9 Å². The van der Waals surface area contributed by atoms with E-state index in [0.717, 1.165) is 112 Å². The number of ether oxygens (including phenoxy) is 16. The Morgan fingerprint density at radius 2 is 0.794 bits per heavy atom. The Hall–Kier alpha value is -2.50. The monoisotopic (exact) mass is 1430 g/mol. The summed E-state index contributed by atoms with van der Waals surface area (Å²) in [6.07, 6.45) is 12.1. The van der Waals surface area contributed by atoms with Gasteiger partial charge in [0.25, 0.3) is 0 Å². The number of rotatable bonds is 6. The van der Waals surface area contributed by atoms with Gasteiger partial charge in [-0.15, -0.1) is 0 Å². The highest BCUT2D eigenvalue weighted by Crippen LogP contribution is 2.57. The van der Waals surface area contributed by atoms with Crippen molar-refractivity contribution in [3.63, 3.8) is 0 Å². The fourth-order valence-electron chi connectivity index (χ4n) is 22.5. The Balaban J connectivity index is 0.000000152. The number of fused-ring (bicyclic) bond motifs is 12. The Morgan fingerprint density at radius 3 is 1.24 bits per heavy atom. The van der Waals surface area contributed by atoms with Crippen LogP contribution < -0.4 is 5.73 Å². The molecule has 0 amide bonds. The molecular formula is C80H117NO21. The molecule has 0 aromatic carbocycles. The van der Waals surface area contributed by atoms with Crippen LogP contribution in [0.5, 0.6) is 0 Å². The molecule has 20 saturated heterocycles. The van der Waals surface area contributed by atoms with Crippen LogP contribution in [0.15, 0.2) is 48.6 Å². The highest BCUT2D eigenvalue weighted by atomic mass is 16.8. The summed E-state index contributed by atoms with van der Waals surface area (Å²) < 4.78 is 108. The molecule has 102 heavy (non-hydrogen) atoms. The molecule has 20 aliphatic heterocycles. The third kappa shape index (κ3) is 13.9. The largest absolute Gasteiger partial charge is 0.394 e. The second kappa shape index (κ2) is 29.1. The van der Waals surface area contributed by atoms with E-state index in [0.29, 0.717) is 88.9 Å². The van der Waals surface area contributed by atoms with Crippen molar-refractivity contribution in [2.45, 2.75) is 389 Å². The van der Waals surface area contributed by atoms with Gasteiger partial charge < -0.3 is 96.8 Å². The molecule has 2 spiro atoms. The summed E-state index contributed by atoms with van der Waals surface area (Å²) in [6, 6.07) is 0. The van der Waals surface area contributed by atoms with E-state index in [4.69, 9.17) is 81.5 Å². The summed E-state index contributed by atoms with van der Waals surface area (Å²) in [5.41, 5.74) is 10.3. The van der Waals surface area contributed by atoms with Crippen LogP contribution in [0.2, 0.25) is 0 Å². The van der Waals surface area contributed by atoms with Gasteiger partial charge in [-0.1, -0.05) is 54.0 Å². The molecule has 4 unspecified atom stereocenters. The molecule has 0 saturated carbocycles. The van der Waals surface area contributed by atoms with Gasteiger partial charge in [0.2, 0.25) is 0 Å².